The second kappa shape index (κ2) is 7.15. The molecule has 3 aromatic rings. The standard InChI is InChI=1S/C22H18N2O4/c1-2-13-23-19-9-5-3-7-16(19)18(22(23)25)14-15-11-12-21(28-15)17-8-4-6-10-20(17)24(26)27/h3-12,14H,2,13H2,1H3/b18-14-. The first kappa shape index (κ1) is 17.7. The van der Waals surface area contributed by atoms with Crippen LogP contribution in [0.2, 0.25) is 0 Å². The lowest BCUT2D eigenvalue weighted by Gasteiger charge is -2.15. The third-order valence-electron chi connectivity index (χ3n) is 4.69. The summed E-state index contributed by atoms with van der Waals surface area (Å²) in [7, 11) is 0. The largest absolute Gasteiger partial charge is 0.456 e. The van der Waals surface area contributed by atoms with Crippen molar-refractivity contribution in [1.29, 1.82) is 0 Å². The molecule has 0 aliphatic carbocycles. The maximum Gasteiger partial charge on any atom is 0.280 e. The first-order chi connectivity index (χ1) is 13.6. The lowest BCUT2D eigenvalue weighted by atomic mass is 10.1. The molecule has 0 fully saturated rings. The summed E-state index contributed by atoms with van der Waals surface area (Å²) in [4.78, 5) is 25.5. The first-order valence-electron chi connectivity index (χ1n) is 9.06. The van der Waals surface area contributed by atoms with Gasteiger partial charge in [-0.1, -0.05) is 37.3 Å². The SMILES string of the molecule is CCCN1C(=O)/C(=C\c2ccc(-c3ccccc3[N+](=O)[O-])o2)c2ccccc21. The van der Waals surface area contributed by atoms with Gasteiger partial charge in [0.15, 0.2) is 0 Å². The Morgan fingerprint density at radius 3 is 2.50 bits per heavy atom. The zero-order chi connectivity index (χ0) is 19.7. The second-order valence-corrected chi connectivity index (χ2v) is 6.51. The van der Waals surface area contributed by atoms with Crippen LogP contribution in [0.4, 0.5) is 11.4 Å². The summed E-state index contributed by atoms with van der Waals surface area (Å²) < 4.78 is 5.83. The monoisotopic (exact) mass is 374 g/mol. The minimum atomic E-state index is -0.435. The van der Waals surface area contributed by atoms with Crippen molar-refractivity contribution < 1.29 is 14.1 Å². The summed E-state index contributed by atoms with van der Waals surface area (Å²) in [6, 6.07) is 17.5. The molecule has 6 nitrogen and oxygen atoms in total. The number of anilines is 1. The molecule has 1 aliphatic rings. The molecule has 0 unspecified atom stereocenters. The summed E-state index contributed by atoms with van der Waals surface area (Å²) in [6.07, 6.45) is 2.56. The highest BCUT2D eigenvalue weighted by Crippen LogP contribution is 2.38. The van der Waals surface area contributed by atoms with E-state index in [4.69, 9.17) is 4.42 Å². The zero-order valence-electron chi connectivity index (χ0n) is 15.3. The number of para-hydroxylation sites is 2. The molecule has 2 heterocycles. The molecule has 0 spiro atoms. The molecule has 1 aromatic heterocycles. The Labute approximate surface area is 161 Å². The van der Waals surface area contributed by atoms with E-state index in [0.717, 1.165) is 17.7 Å². The molecule has 6 heteroatoms. The van der Waals surface area contributed by atoms with Gasteiger partial charge in [0.2, 0.25) is 0 Å². The molecule has 1 aliphatic heterocycles. The number of nitro groups is 1. The molecule has 0 saturated heterocycles. The normalized spacial score (nSPS) is 14.5. The number of nitrogens with zero attached hydrogens (tertiary/aromatic N) is 2. The number of fused-ring (bicyclic) bond motifs is 1. The van der Waals surface area contributed by atoms with Crippen molar-refractivity contribution in [2.75, 3.05) is 11.4 Å². The van der Waals surface area contributed by atoms with Crippen molar-refractivity contribution in [3.05, 3.63) is 82.1 Å². The van der Waals surface area contributed by atoms with Crippen LogP contribution in [-0.2, 0) is 4.79 Å². The average molecular weight is 374 g/mol. The Balaban J connectivity index is 1.74. The van der Waals surface area contributed by atoms with Crippen molar-refractivity contribution in [1.82, 2.24) is 0 Å². The zero-order valence-corrected chi connectivity index (χ0v) is 15.3. The Kier molecular flexibility index (Phi) is 4.53. The molecular weight excluding hydrogens is 356 g/mol. The van der Waals surface area contributed by atoms with Gasteiger partial charge in [-0.05, 0) is 36.8 Å². The molecule has 0 atom stereocenters. The topological polar surface area (TPSA) is 76.6 Å². The number of benzene rings is 2. The number of carbonyl (C=O) groups excluding carboxylic acids is 1. The maximum absolute atomic E-state index is 12.9. The van der Waals surface area contributed by atoms with E-state index in [0.29, 0.717) is 29.2 Å². The van der Waals surface area contributed by atoms with Crippen molar-refractivity contribution in [3.63, 3.8) is 0 Å². The van der Waals surface area contributed by atoms with Gasteiger partial charge in [0.1, 0.15) is 11.5 Å². The lowest BCUT2D eigenvalue weighted by Crippen LogP contribution is -2.26. The minimum Gasteiger partial charge on any atom is -0.456 e. The number of furan rings is 1. The van der Waals surface area contributed by atoms with Crippen LogP contribution < -0.4 is 4.90 Å². The molecular formula is C22H18N2O4. The van der Waals surface area contributed by atoms with E-state index in [1.54, 1.807) is 41.3 Å². The van der Waals surface area contributed by atoms with E-state index in [1.807, 2.05) is 31.2 Å². The molecule has 0 N–H and O–H groups in total. The van der Waals surface area contributed by atoms with Crippen LogP contribution in [0.15, 0.2) is 65.1 Å². The molecule has 4 rings (SSSR count). The highest BCUT2D eigenvalue weighted by Gasteiger charge is 2.31. The van der Waals surface area contributed by atoms with E-state index < -0.39 is 4.92 Å². The van der Waals surface area contributed by atoms with Gasteiger partial charge < -0.3 is 9.32 Å². The third kappa shape index (κ3) is 2.99. The van der Waals surface area contributed by atoms with E-state index in [-0.39, 0.29) is 11.6 Å². The van der Waals surface area contributed by atoms with Gasteiger partial charge in [-0.15, -0.1) is 0 Å². The van der Waals surface area contributed by atoms with Gasteiger partial charge in [0, 0.05) is 18.2 Å². The van der Waals surface area contributed by atoms with Crippen LogP contribution in [0.5, 0.6) is 0 Å². The fourth-order valence-corrected chi connectivity index (χ4v) is 3.45. The van der Waals surface area contributed by atoms with Crippen LogP contribution in [-0.4, -0.2) is 17.4 Å². The first-order valence-corrected chi connectivity index (χ1v) is 9.06. The molecule has 0 saturated carbocycles. The van der Waals surface area contributed by atoms with Crippen molar-refractivity contribution in [3.8, 4) is 11.3 Å². The molecule has 140 valence electrons. The van der Waals surface area contributed by atoms with Gasteiger partial charge in [0.25, 0.3) is 11.6 Å². The summed E-state index contributed by atoms with van der Waals surface area (Å²) in [5, 5.41) is 11.3. The predicted octanol–water partition coefficient (Wildman–Crippen LogP) is 5.15. The van der Waals surface area contributed by atoms with Gasteiger partial charge in [-0.25, -0.2) is 0 Å². The van der Waals surface area contributed by atoms with Crippen molar-refractivity contribution >= 4 is 28.9 Å². The molecule has 2 aromatic carbocycles. The van der Waals surface area contributed by atoms with Crippen LogP contribution in [0.1, 0.15) is 24.7 Å². The predicted molar refractivity (Wildman–Crippen MR) is 108 cm³/mol. The number of nitro benzene ring substituents is 1. The Morgan fingerprint density at radius 2 is 1.75 bits per heavy atom. The lowest BCUT2D eigenvalue weighted by molar-refractivity contribution is -0.384. The fraction of sp³-hybridized carbons (Fsp3) is 0.136. The Hall–Kier alpha value is -3.67. The number of amides is 1. The minimum absolute atomic E-state index is 0.0209. The molecule has 1 amide bonds. The third-order valence-corrected chi connectivity index (χ3v) is 4.69. The summed E-state index contributed by atoms with van der Waals surface area (Å²) in [5.74, 6) is 0.805. The number of carbonyl (C=O) groups is 1. The molecule has 28 heavy (non-hydrogen) atoms. The smallest absolute Gasteiger partial charge is 0.280 e. The van der Waals surface area contributed by atoms with Crippen LogP contribution >= 0.6 is 0 Å². The van der Waals surface area contributed by atoms with Crippen LogP contribution in [0.3, 0.4) is 0 Å². The maximum atomic E-state index is 12.9. The van der Waals surface area contributed by atoms with E-state index in [9.17, 15) is 14.9 Å². The van der Waals surface area contributed by atoms with Gasteiger partial charge >= 0.3 is 0 Å². The quantitative estimate of drug-likeness (QED) is 0.351. The summed E-state index contributed by atoms with van der Waals surface area (Å²) in [6.45, 7) is 2.68. The number of hydrogen-bond acceptors (Lipinski definition) is 4. The fourth-order valence-electron chi connectivity index (χ4n) is 3.45. The molecule has 0 radical (unpaired) electrons. The van der Waals surface area contributed by atoms with E-state index >= 15 is 0 Å². The van der Waals surface area contributed by atoms with E-state index in [1.165, 1.54) is 6.07 Å². The Bertz CT molecular complexity index is 1100. The van der Waals surface area contributed by atoms with Gasteiger partial charge in [-0.3, -0.25) is 14.9 Å². The number of hydrogen-bond donors (Lipinski definition) is 0. The van der Waals surface area contributed by atoms with Crippen molar-refractivity contribution in [2.24, 2.45) is 0 Å². The van der Waals surface area contributed by atoms with Crippen molar-refractivity contribution in [2.45, 2.75) is 13.3 Å². The van der Waals surface area contributed by atoms with Crippen LogP contribution in [0.25, 0.3) is 23.0 Å². The second-order valence-electron chi connectivity index (χ2n) is 6.51. The average Bonchev–Trinajstić information content (AvgIpc) is 3.27. The molecule has 0 bridgehead atoms. The highest BCUT2D eigenvalue weighted by molar-refractivity contribution is 6.35. The Morgan fingerprint density at radius 1 is 1.04 bits per heavy atom. The summed E-state index contributed by atoms with van der Waals surface area (Å²) >= 11 is 0. The van der Waals surface area contributed by atoms with Crippen LogP contribution in [0, 0.1) is 10.1 Å². The highest BCUT2D eigenvalue weighted by atomic mass is 16.6. The summed E-state index contributed by atoms with van der Waals surface area (Å²) in [5.41, 5.74) is 2.71. The number of rotatable bonds is 5. The van der Waals surface area contributed by atoms with Gasteiger partial charge in [-0.2, -0.15) is 0 Å². The van der Waals surface area contributed by atoms with Gasteiger partial charge in [0.05, 0.1) is 21.7 Å². The van der Waals surface area contributed by atoms with E-state index in [2.05, 4.69) is 0 Å².